The van der Waals surface area contributed by atoms with Gasteiger partial charge in [0, 0.05) is 13.6 Å². The number of hydrogen-bond donors (Lipinski definition) is 0. The summed E-state index contributed by atoms with van der Waals surface area (Å²) in [7, 11) is 2.73. The van der Waals surface area contributed by atoms with Crippen LogP contribution in [0.1, 0.15) is 15.9 Å². The monoisotopic (exact) mass is 319 g/mol. The molecule has 0 spiro atoms. The average molecular weight is 319 g/mol. The van der Waals surface area contributed by atoms with E-state index in [1.165, 1.54) is 42.3 Å². The molecule has 0 aromatic heterocycles. The molecule has 120 valence electrons. The Morgan fingerprint density at radius 2 is 1.96 bits per heavy atom. The average Bonchev–Trinajstić information content (AvgIpc) is 2.54. The maximum absolute atomic E-state index is 14.1. The first-order valence-electron chi connectivity index (χ1n) is 6.78. The van der Waals surface area contributed by atoms with Crippen LogP contribution in [-0.4, -0.2) is 31.4 Å². The van der Waals surface area contributed by atoms with Crippen molar-refractivity contribution in [1.29, 1.82) is 0 Å². The predicted octanol–water partition coefficient (Wildman–Crippen LogP) is 3.01. The van der Waals surface area contributed by atoms with E-state index in [1.54, 1.807) is 13.1 Å². The number of benzene rings is 2. The largest absolute Gasteiger partial charge is 0.465 e. The SMILES string of the molecule is COC(=O)c1ccc(-c2ccc(F)cc2CN(C)C=O)cc1F. The Balaban J connectivity index is 2.47. The van der Waals surface area contributed by atoms with Crippen LogP contribution in [0.25, 0.3) is 11.1 Å². The highest BCUT2D eigenvalue weighted by molar-refractivity contribution is 5.90. The quantitative estimate of drug-likeness (QED) is 0.629. The van der Waals surface area contributed by atoms with Crippen molar-refractivity contribution in [2.24, 2.45) is 0 Å². The van der Waals surface area contributed by atoms with Crippen molar-refractivity contribution in [3.8, 4) is 11.1 Å². The third-order valence-corrected chi connectivity index (χ3v) is 3.35. The minimum atomic E-state index is -0.769. The molecule has 2 rings (SSSR count). The van der Waals surface area contributed by atoms with E-state index in [4.69, 9.17) is 0 Å². The van der Waals surface area contributed by atoms with Crippen LogP contribution in [0, 0.1) is 11.6 Å². The Labute approximate surface area is 132 Å². The van der Waals surface area contributed by atoms with Crippen molar-refractivity contribution >= 4 is 12.4 Å². The Morgan fingerprint density at radius 1 is 1.22 bits per heavy atom. The van der Waals surface area contributed by atoms with Gasteiger partial charge in [-0.05, 0) is 41.0 Å². The van der Waals surface area contributed by atoms with Gasteiger partial charge in [-0.1, -0.05) is 12.1 Å². The minimum absolute atomic E-state index is 0.176. The number of nitrogens with zero attached hydrogens (tertiary/aromatic N) is 1. The number of rotatable bonds is 5. The van der Waals surface area contributed by atoms with Gasteiger partial charge in [0.15, 0.2) is 0 Å². The summed E-state index contributed by atoms with van der Waals surface area (Å²) in [5.74, 6) is -1.95. The fourth-order valence-electron chi connectivity index (χ4n) is 2.24. The number of carbonyl (C=O) groups is 2. The first-order valence-corrected chi connectivity index (χ1v) is 6.78. The van der Waals surface area contributed by atoms with Crippen molar-refractivity contribution < 1.29 is 23.1 Å². The molecule has 0 bridgehead atoms. The second kappa shape index (κ2) is 7.00. The van der Waals surface area contributed by atoms with Crippen LogP contribution >= 0.6 is 0 Å². The Hall–Kier alpha value is -2.76. The van der Waals surface area contributed by atoms with Crippen LogP contribution in [-0.2, 0) is 16.1 Å². The van der Waals surface area contributed by atoms with Gasteiger partial charge in [-0.25, -0.2) is 13.6 Å². The highest BCUT2D eigenvalue weighted by atomic mass is 19.1. The second-order valence-electron chi connectivity index (χ2n) is 5.01. The highest BCUT2D eigenvalue weighted by Gasteiger charge is 2.15. The molecule has 0 saturated carbocycles. The summed E-state index contributed by atoms with van der Waals surface area (Å²) in [5, 5.41) is 0. The summed E-state index contributed by atoms with van der Waals surface area (Å²) < 4.78 is 32.0. The molecule has 23 heavy (non-hydrogen) atoms. The van der Waals surface area contributed by atoms with Crippen LogP contribution in [0.4, 0.5) is 8.78 Å². The zero-order valence-electron chi connectivity index (χ0n) is 12.7. The lowest BCUT2D eigenvalue weighted by Gasteiger charge is -2.15. The molecular weight excluding hydrogens is 304 g/mol. The number of ether oxygens (including phenoxy) is 1. The van der Waals surface area contributed by atoms with Crippen molar-refractivity contribution in [2.75, 3.05) is 14.2 Å². The first-order chi connectivity index (χ1) is 11.0. The van der Waals surface area contributed by atoms with Crippen molar-refractivity contribution in [1.82, 2.24) is 4.90 Å². The molecule has 0 fully saturated rings. The van der Waals surface area contributed by atoms with E-state index >= 15 is 0 Å². The zero-order chi connectivity index (χ0) is 17.0. The molecule has 0 aliphatic rings. The Morgan fingerprint density at radius 3 is 2.57 bits per heavy atom. The molecule has 0 aliphatic heterocycles. The lowest BCUT2D eigenvalue weighted by molar-refractivity contribution is -0.117. The van der Waals surface area contributed by atoms with Crippen LogP contribution < -0.4 is 0 Å². The molecule has 0 heterocycles. The molecule has 6 heteroatoms. The molecule has 0 aliphatic carbocycles. The molecule has 0 atom stereocenters. The van der Waals surface area contributed by atoms with Crippen LogP contribution in [0.15, 0.2) is 36.4 Å². The fraction of sp³-hybridized carbons (Fsp3) is 0.176. The maximum Gasteiger partial charge on any atom is 0.340 e. The Kier molecular flexibility index (Phi) is 5.05. The maximum atomic E-state index is 14.1. The van der Waals surface area contributed by atoms with Crippen molar-refractivity contribution in [2.45, 2.75) is 6.54 Å². The predicted molar refractivity (Wildman–Crippen MR) is 80.7 cm³/mol. The number of hydrogen-bond acceptors (Lipinski definition) is 3. The molecule has 0 saturated heterocycles. The van der Waals surface area contributed by atoms with Gasteiger partial charge in [0.1, 0.15) is 11.6 Å². The molecule has 0 N–H and O–H groups in total. The van der Waals surface area contributed by atoms with E-state index in [2.05, 4.69) is 4.74 Å². The van der Waals surface area contributed by atoms with Gasteiger partial charge in [0.25, 0.3) is 0 Å². The van der Waals surface area contributed by atoms with Crippen molar-refractivity contribution in [3.63, 3.8) is 0 Å². The standard InChI is InChI=1S/C17H15F2NO3/c1-20(10-21)9-12-7-13(18)4-6-14(12)11-3-5-15(16(19)8-11)17(22)23-2/h3-8,10H,9H2,1-2H3. The topological polar surface area (TPSA) is 46.6 Å². The summed E-state index contributed by atoms with van der Waals surface area (Å²) in [6.07, 6.45) is 0.621. The summed E-state index contributed by atoms with van der Waals surface area (Å²) in [6, 6.07) is 8.10. The fourth-order valence-corrected chi connectivity index (χ4v) is 2.24. The normalized spacial score (nSPS) is 10.3. The molecule has 1 amide bonds. The van der Waals surface area contributed by atoms with E-state index in [0.29, 0.717) is 23.1 Å². The molecule has 4 nitrogen and oxygen atoms in total. The van der Waals surface area contributed by atoms with E-state index in [-0.39, 0.29) is 12.1 Å². The molecule has 2 aromatic carbocycles. The van der Waals surface area contributed by atoms with Gasteiger partial charge in [-0.2, -0.15) is 0 Å². The molecule has 2 aromatic rings. The van der Waals surface area contributed by atoms with Crippen LogP contribution in [0.2, 0.25) is 0 Å². The number of amides is 1. The van der Waals surface area contributed by atoms with E-state index < -0.39 is 17.6 Å². The van der Waals surface area contributed by atoms with Crippen LogP contribution in [0.5, 0.6) is 0 Å². The van der Waals surface area contributed by atoms with Gasteiger partial charge in [-0.3, -0.25) is 4.79 Å². The highest BCUT2D eigenvalue weighted by Crippen LogP contribution is 2.27. The van der Waals surface area contributed by atoms with Gasteiger partial charge in [0.05, 0.1) is 12.7 Å². The minimum Gasteiger partial charge on any atom is -0.465 e. The van der Waals surface area contributed by atoms with Gasteiger partial charge in [-0.15, -0.1) is 0 Å². The third-order valence-electron chi connectivity index (χ3n) is 3.35. The Bertz CT molecular complexity index is 747. The number of halogens is 2. The zero-order valence-corrected chi connectivity index (χ0v) is 12.7. The smallest absolute Gasteiger partial charge is 0.340 e. The lowest BCUT2D eigenvalue weighted by atomic mass is 9.98. The number of methoxy groups -OCH3 is 1. The van der Waals surface area contributed by atoms with E-state index in [9.17, 15) is 18.4 Å². The first kappa shape index (κ1) is 16.6. The molecule has 0 radical (unpaired) electrons. The van der Waals surface area contributed by atoms with E-state index in [0.717, 1.165) is 0 Å². The summed E-state index contributed by atoms with van der Waals surface area (Å²) in [5.41, 5.74) is 1.41. The second-order valence-corrected chi connectivity index (χ2v) is 5.01. The van der Waals surface area contributed by atoms with Gasteiger partial charge >= 0.3 is 5.97 Å². The molecular formula is C17H15F2NO3. The summed E-state index contributed by atoms with van der Waals surface area (Å²) in [4.78, 5) is 23.5. The summed E-state index contributed by atoms with van der Waals surface area (Å²) >= 11 is 0. The lowest BCUT2D eigenvalue weighted by Crippen LogP contribution is -2.15. The van der Waals surface area contributed by atoms with E-state index in [1.807, 2.05) is 0 Å². The number of carbonyl (C=O) groups excluding carboxylic acids is 2. The number of esters is 1. The summed E-state index contributed by atoms with van der Waals surface area (Å²) in [6.45, 7) is 0.178. The van der Waals surface area contributed by atoms with Gasteiger partial charge < -0.3 is 9.64 Å². The van der Waals surface area contributed by atoms with Crippen LogP contribution in [0.3, 0.4) is 0 Å². The third kappa shape index (κ3) is 3.71. The van der Waals surface area contributed by atoms with Gasteiger partial charge in [0.2, 0.25) is 6.41 Å². The molecule has 0 unspecified atom stereocenters. The van der Waals surface area contributed by atoms with Crippen molar-refractivity contribution in [3.05, 3.63) is 59.2 Å².